The molecule has 0 aromatic carbocycles. The number of aromatic amines is 1. The van der Waals surface area contributed by atoms with Crippen LogP contribution in [0.25, 0.3) is 0 Å². The van der Waals surface area contributed by atoms with Gasteiger partial charge in [-0.1, -0.05) is 19.0 Å². The van der Waals surface area contributed by atoms with Crippen molar-refractivity contribution in [2.75, 3.05) is 13.1 Å². The Morgan fingerprint density at radius 2 is 2.17 bits per heavy atom. The van der Waals surface area contributed by atoms with Crippen molar-refractivity contribution < 1.29 is 9.63 Å². The monoisotopic (exact) mass is 330 g/mol. The average Bonchev–Trinajstić information content (AvgIpc) is 3.02. The van der Waals surface area contributed by atoms with Gasteiger partial charge in [0.1, 0.15) is 11.3 Å². The molecule has 3 unspecified atom stereocenters. The molecule has 3 aliphatic rings. The van der Waals surface area contributed by atoms with Gasteiger partial charge in [0.2, 0.25) is 0 Å². The number of amides is 1. The molecule has 1 N–H and O–H groups in total. The summed E-state index contributed by atoms with van der Waals surface area (Å²) in [4.78, 5) is 20.1. The van der Waals surface area contributed by atoms with E-state index in [0.717, 1.165) is 31.6 Å². The highest BCUT2D eigenvalue weighted by Gasteiger charge is 2.60. The number of hydrogen-bond donors (Lipinski definition) is 1. The molecule has 130 valence electrons. The summed E-state index contributed by atoms with van der Waals surface area (Å²) in [6, 6.07) is 1.91. The summed E-state index contributed by atoms with van der Waals surface area (Å²) < 4.78 is 0. The molecule has 1 aliphatic carbocycles. The van der Waals surface area contributed by atoms with E-state index in [9.17, 15) is 4.79 Å². The minimum atomic E-state index is -0.164. The smallest absolute Gasteiger partial charge is 0.274 e. The molecule has 6 heteroatoms. The van der Waals surface area contributed by atoms with Crippen LogP contribution in [0.4, 0.5) is 0 Å². The number of aromatic nitrogens is 2. The molecule has 0 bridgehead atoms. The van der Waals surface area contributed by atoms with Crippen LogP contribution >= 0.6 is 0 Å². The largest absolute Gasteiger partial charge is 0.389 e. The van der Waals surface area contributed by atoms with E-state index >= 15 is 0 Å². The molecule has 3 heterocycles. The second-order valence-corrected chi connectivity index (χ2v) is 8.19. The summed E-state index contributed by atoms with van der Waals surface area (Å²) >= 11 is 0. The van der Waals surface area contributed by atoms with Gasteiger partial charge in [0.15, 0.2) is 0 Å². The molecule has 4 rings (SSSR count). The van der Waals surface area contributed by atoms with Gasteiger partial charge in [0.05, 0.1) is 5.71 Å². The Balaban J connectivity index is 1.36. The van der Waals surface area contributed by atoms with E-state index in [1.165, 1.54) is 5.71 Å². The molecule has 1 aromatic rings. The fraction of sp³-hybridized carbons (Fsp3) is 0.722. The maximum atomic E-state index is 12.7. The number of nitrogens with one attached hydrogen (secondary N) is 1. The lowest BCUT2D eigenvalue weighted by atomic mass is 9.98. The first kappa shape index (κ1) is 15.7. The number of likely N-dealkylation sites (tertiary alicyclic amines) is 1. The molecule has 1 saturated heterocycles. The van der Waals surface area contributed by atoms with Gasteiger partial charge in [-0.25, -0.2) is 0 Å². The highest BCUT2D eigenvalue weighted by atomic mass is 16.7. The second kappa shape index (κ2) is 5.33. The van der Waals surface area contributed by atoms with Crippen LogP contribution in [0.1, 0.15) is 62.6 Å². The lowest BCUT2D eigenvalue weighted by molar-refractivity contribution is 0.0123. The molecule has 1 amide bonds. The zero-order chi connectivity index (χ0) is 17.1. The summed E-state index contributed by atoms with van der Waals surface area (Å²) in [6.07, 6.45) is 1.95. The number of rotatable bonds is 4. The zero-order valence-corrected chi connectivity index (χ0v) is 14.9. The Morgan fingerprint density at radius 1 is 1.46 bits per heavy atom. The number of oxime groups is 1. The van der Waals surface area contributed by atoms with E-state index in [1.807, 2.05) is 11.0 Å². The third-order valence-electron chi connectivity index (χ3n) is 5.84. The summed E-state index contributed by atoms with van der Waals surface area (Å²) in [5.74, 6) is 2.08. The Hall–Kier alpha value is -1.85. The normalized spacial score (nSPS) is 31.4. The Morgan fingerprint density at radius 3 is 2.75 bits per heavy atom. The molecule has 6 nitrogen and oxygen atoms in total. The first-order chi connectivity index (χ1) is 11.4. The molecular formula is C18H26N4O2. The Labute approximate surface area is 142 Å². The quantitative estimate of drug-likeness (QED) is 0.923. The number of H-pyrrole nitrogens is 1. The average molecular weight is 330 g/mol. The minimum absolute atomic E-state index is 0.0525. The number of hydrogen-bond acceptors (Lipinski definition) is 4. The van der Waals surface area contributed by atoms with E-state index in [1.54, 1.807) is 0 Å². The molecule has 2 aliphatic heterocycles. The number of piperidine rings is 1. The molecular weight excluding hydrogens is 304 g/mol. The fourth-order valence-electron chi connectivity index (χ4n) is 4.13. The first-order valence-corrected chi connectivity index (χ1v) is 8.99. The lowest BCUT2D eigenvalue weighted by Crippen LogP contribution is -2.33. The van der Waals surface area contributed by atoms with Crippen molar-refractivity contribution in [1.29, 1.82) is 0 Å². The highest BCUT2D eigenvalue weighted by molar-refractivity contribution is 5.94. The SMILES string of the molecule is CCC(C)c1cc(C(=O)N2CC3C(C2)C3C2=NOC(C)(C)C2)n[nH]1. The summed E-state index contributed by atoms with van der Waals surface area (Å²) in [5.41, 5.74) is 2.62. The zero-order valence-electron chi connectivity index (χ0n) is 14.9. The second-order valence-electron chi connectivity index (χ2n) is 8.19. The van der Waals surface area contributed by atoms with Crippen LogP contribution < -0.4 is 0 Å². The van der Waals surface area contributed by atoms with Gasteiger partial charge in [-0.2, -0.15) is 5.10 Å². The van der Waals surface area contributed by atoms with Crippen LogP contribution in [-0.4, -0.2) is 45.4 Å². The van der Waals surface area contributed by atoms with Crippen LogP contribution in [0, 0.1) is 17.8 Å². The molecule has 2 fully saturated rings. The molecule has 0 spiro atoms. The molecule has 3 atom stereocenters. The third-order valence-corrected chi connectivity index (χ3v) is 5.84. The van der Waals surface area contributed by atoms with Crippen LogP contribution in [-0.2, 0) is 4.84 Å². The van der Waals surface area contributed by atoms with Gasteiger partial charge in [-0.05, 0) is 44.1 Å². The van der Waals surface area contributed by atoms with Gasteiger partial charge in [0, 0.05) is 31.1 Å². The highest BCUT2D eigenvalue weighted by Crippen LogP contribution is 2.54. The van der Waals surface area contributed by atoms with Gasteiger partial charge < -0.3 is 9.74 Å². The topological polar surface area (TPSA) is 70.6 Å². The van der Waals surface area contributed by atoms with E-state index in [4.69, 9.17) is 4.84 Å². The predicted octanol–water partition coefficient (Wildman–Crippen LogP) is 2.80. The van der Waals surface area contributed by atoms with Crippen molar-refractivity contribution >= 4 is 11.6 Å². The van der Waals surface area contributed by atoms with E-state index in [-0.39, 0.29) is 11.5 Å². The van der Waals surface area contributed by atoms with E-state index in [2.05, 4.69) is 43.0 Å². The lowest BCUT2D eigenvalue weighted by Gasteiger charge is -2.19. The van der Waals surface area contributed by atoms with Crippen LogP contribution in [0.2, 0.25) is 0 Å². The van der Waals surface area contributed by atoms with E-state index < -0.39 is 0 Å². The van der Waals surface area contributed by atoms with Gasteiger partial charge in [-0.15, -0.1) is 0 Å². The maximum Gasteiger partial charge on any atom is 0.274 e. The number of nitrogens with zero attached hydrogens (tertiary/aromatic N) is 3. The van der Waals surface area contributed by atoms with Gasteiger partial charge in [0.25, 0.3) is 5.91 Å². The predicted molar refractivity (Wildman–Crippen MR) is 90.9 cm³/mol. The minimum Gasteiger partial charge on any atom is -0.389 e. The third kappa shape index (κ3) is 2.52. The Kier molecular flexibility index (Phi) is 3.48. The molecule has 1 saturated carbocycles. The van der Waals surface area contributed by atoms with Gasteiger partial charge in [-0.3, -0.25) is 9.89 Å². The van der Waals surface area contributed by atoms with Crippen LogP contribution in [0.15, 0.2) is 11.2 Å². The van der Waals surface area contributed by atoms with Crippen molar-refractivity contribution in [2.24, 2.45) is 22.9 Å². The summed E-state index contributed by atoms with van der Waals surface area (Å²) in [5, 5.41) is 11.5. The number of carbonyl (C=O) groups excluding carboxylic acids is 1. The van der Waals surface area contributed by atoms with Crippen molar-refractivity contribution in [3.63, 3.8) is 0 Å². The molecule has 24 heavy (non-hydrogen) atoms. The van der Waals surface area contributed by atoms with Crippen LogP contribution in [0.5, 0.6) is 0 Å². The fourth-order valence-corrected chi connectivity index (χ4v) is 4.13. The van der Waals surface area contributed by atoms with Crippen LogP contribution in [0.3, 0.4) is 0 Å². The molecule has 1 aromatic heterocycles. The maximum absolute atomic E-state index is 12.7. The van der Waals surface area contributed by atoms with Crippen molar-refractivity contribution in [3.8, 4) is 0 Å². The summed E-state index contributed by atoms with van der Waals surface area (Å²) in [6.45, 7) is 10.1. The van der Waals surface area contributed by atoms with Crippen molar-refractivity contribution in [2.45, 2.75) is 52.1 Å². The summed E-state index contributed by atoms with van der Waals surface area (Å²) in [7, 11) is 0. The van der Waals surface area contributed by atoms with Crippen molar-refractivity contribution in [1.82, 2.24) is 15.1 Å². The van der Waals surface area contributed by atoms with E-state index in [0.29, 0.717) is 29.4 Å². The van der Waals surface area contributed by atoms with Gasteiger partial charge >= 0.3 is 0 Å². The number of carbonyl (C=O) groups is 1. The Bertz CT molecular complexity index is 681. The van der Waals surface area contributed by atoms with Crippen molar-refractivity contribution in [3.05, 3.63) is 17.5 Å². The first-order valence-electron chi connectivity index (χ1n) is 8.99. The number of fused-ring (bicyclic) bond motifs is 1. The molecule has 0 radical (unpaired) electrons. The standard InChI is InChI=1S/C18H26N4O2/c1-5-10(2)13-6-14(20-19-13)17(23)22-8-11-12(9-22)16(11)15-7-18(3,4)24-21-15/h6,10-12,16H,5,7-9H2,1-4H3,(H,19,20).